The third-order valence-electron chi connectivity index (χ3n) is 17.2. The van der Waals surface area contributed by atoms with Crippen LogP contribution in [-0.4, -0.2) is 305 Å². The molecule has 31 heteroatoms. The number of alkyl halides is 2. The number of imide groups is 1. The van der Waals surface area contributed by atoms with Crippen molar-refractivity contribution in [3.63, 3.8) is 0 Å². The van der Waals surface area contributed by atoms with Gasteiger partial charge in [0.25, 0.3) is 11.8 Å². The normalized spacial score (nSPS) is 19.3. The number of thioether (sulfide) groups is 1. The number of aliphatic imine (C=N–C) groups is 1. The Morgan fingerprint density at radius 1 is 0.719 bits per heavy atom. The van der Waals surface area contributed by atoms with Gasteiger partial charge in [-0.1, -0.05) is 25.0 Å². The van der Waals surface area contributed by atoms with E-state index in [1.165, 1.54) is 42.9 Å². The van der Waals surface area contributed by atoms with Crippen molar-refractivity contribution in [1.29, 1.82) is 0 Å². The van der Waals surface area contributed by atoms with Crippen molar-refractivity contribution in [2.45, 2.75) is 93.1 Å². The number of halogens is 3. The number of piperazine rings is 1. The first kappa shape index (κ1) is 76.3. The summed E-state index contributed by atoms with van der Waals surface area (Å²) in [6, 6.07) is 14.0. The molecule has 0 spiro atoms. The number of aliphatic carboxylic acids is 3. The van der Waals surface area contributed by atoms with Gasteiger partial charge in [0.05, 0.1) is 68.2 Å². The summed E-state index contributed by atoms with van der Waals surface area (Å²) in [6.07, 6.45) is 8.12. The van der Waals surface area contributed by atoms with Gasteiger partial charge < -0.3 is 45.8 Å². The van der Waals surface area contributed by atoms with Gasteiger partial charge in [-0.25, -0.2) is 8.78 Å². The highest BCUT2D eigenvalue weighted by molar-refractivity contribution is 14.1. The monoisotopic (exact) mass is 1470 g/mol. The van der Waals surface area contributed by atoms with Crippen LogP contribution in [0, 0.1) is 3.57 Å². The Morgan fingerprint density at radius 3 is 1.97 bits per heavy atom. The maximum Gasteiger partial charge on any atom is 0.317 e. The molecule has 2 aromatic carbocycles. The summed E-state index contributed by atoms with van der Waals surface area (Å²) < 4.78 is 35.5. The molecule has 2 unspecified atom stereocenters. The van der Waals surface area contributed by atoms with Crippen LogP contribution >= 0.6 is 34.4 Å². The molecule has 0 aliphatic carbocycles. The van der Waals surface area contributed by atoms with Crippen LogP contribution in [0.5, 0.6) is 5.75 Å². The summed E-state index contributed by atoms with van der Waals surface area (Å²) in [5.74, 6) is -8.69. The number of hydrogen-bond donors (Lipinski definition) is 6. The van der Waals surface area contributed by atoms with Crippen LogP contribution in [0.3, 0.4) is 0 Å². The third-order valence-corrected chi connectivity index (χ3v) is 19.4. The van der Waals surface area contributed by atoms with Crippen molar-refractivity contribution >= 4 is 111 Å². The van der Waals surface area contributed by atoms with Gasteiger partial charge in [0.2, 0.25) is 35.4 Å². The van der Waals surface area contributed by atoms with Gasteiger partial charge in [0.15, 0.2) is 0 Å². The van der Waals surface area contributed by atoms with E-state index in [2.05, 4.69) is 65.6 Å². The largest absolute Gasteiger partial charge is 0.494 e. The molecule has 27 nitrogen and oxygen atoms in total. The molecule has 0 radical (unpaired) electrons. The predicted octanol–water partition coefficient (Wildman–Crippen LogP) is 2.33. The van der Waals surface area contributed by atoms with E-state index in [1.54, 1.807) is 37.8 Å². The smallest absolute Gasteiger partial charge is 0.317 e. The summed E-state index contributed by atoms with van der Waals surface area (Å²) in [6.45, 7) is 2.79. The van der Waals surface area contributed by atoms with Crippen molar-refractivity contribution in [1.82, 2.24) is 60.1 Å². The molecule has 4 aliphatic heterocycles. The number of aromatic nitrogens is 1. The first-order valence-corrected chi connectivity index (χ1v) is 34.7. The SMILES string of the molecule is C/N=C/[C@H]1CC(F)(F)CN1C(=O)CNC(=O)c1ccnc2ccc(OCCCCN3CCN(C(=O)CN4C(=O)CC(SC(CCCCCNC(=O)CCCc5ccc(I)cc5)CNC(=O)CN5CCN(CC(=O)O)CCN(CC(=O)O)CCN(CC(=O)O)CC5)C4=O)CC3)cc12. The number of carbonyl (C=O) groups is 10. The molecule has 96 heavy (non-hydrogen) atoms. The van der Waals surface area contributed by atoms with Crippen molar-refractivity contribution in [3.8, 4) is 5.75 Å². The highest BCUT2D eigenvalue weighted by Crippen LogP contribution is 2.33. The van der Waals surface area contributed by atoms with Crippen molar-refractivity contribution in [2.75, 3.05) is 158 Å². The van der Waals surface area contributed by atoms with Gasteiger partial charge in [-0.2, -0.15) is 0 Å². The number of likely N-dealkylation sites (tertiary alicyclic amines) is 2. The number of hydrogen-bond acceptors (Lipinski definition) is 19. The fourth-order valence-corrected chi connectivity index (χ4v) is 13.8. The maximum atomic E-state index is 14.2. The second-order valence-corrected chi connectivity index (χ2v) is 27.3. The molecule has 3 atom stereocenters. The van der Waals surface area contributed by atoms with E-state index < -0.39 is 84.8 Å². The fourth-order valence-electron chi connectivity index (χ4n) is 12.0. The molecule has 5 heterocycles. The fraction of sp³-hybridized carbons (Fsp3) is 0.600. The number of carboxylic acid groups (broad SMARTS) is 3. The molecular weight excluding hydrogens is 1380 g/mol. The summed E-state index contributed by atoms with van der Waals surface area (Å²) in [5, 5.41) is 36.8. The Bertz CT molecular complexity index is 3160. The van der Waals surface area contributed by atoms with Crippen LogP contribution < -0.4 is 20.7 Å². The first-order valence-electron chi connectivity index (χ1n) is 32.7. The maximum absolute atomic E-state index is 14.2. The molecule has 6 N–H and O–H groups in total. The number of nitrogens with zero attached hydrogens (tertiary/aromatic N) is 10. The van der Waals surface area contributed by atoms with E-state index in [9.17, 15) is 72.0 Å². The number of unbranched alkanes of at least 4 members (excludes halogenated alkanes) is 3. The second kappa shape index (κ2) is 38.8. The average Bonchev–Trinajstić information content (AvgIpc) is 1.46. The zero-order chi connectivity index (χ0) is 69.2. The van der Waals surface area contributed by atoms with E-state index in [0.29, 0.717) is 88.1 Å². The third kappa shape index (κ3) is 25.8. The van der Waals surface area contributed by atoms with Gasteiger partial charge in [-0.15, -0.1) is 11.8 Å². The van der Waals surface area contributed by atoms with Crippen LogP contribution in [0.2, 0.25) is 0 Å². The number of aryl methyl sites for hydroxylation is 1. The first-order chi connectivity index (χ1) is 46.0. The summed E-state index contributed by atoms with van der Waals surface area (Å²) >= 11 is 3.54. The van der Waals surface area contributed by atoms with Crippen LogP contribution in [-0.2, 0) is 49.6 Å². The number of carboxylic acids is 3. The predicted molar refractivity (Wildman–Crippen MR) is 363 cm³/mol. The minimum Gasteiger partial charge on any atom is -0.494 e. The van der Waals surface area contributed by atoms with Crippen molar-refractivity contribution in [3.05, 3.63) is 69.4 Å². The molecular formula is C65H90F2IN13O14S. The minimum absolute atomic E-state index is 0.0282. The number of amides is 7. The lowest BCUT2D eigenvalue weighted by atomic mass is 10.1. The number of rotatable bonds is 34. The minimum atomic E-state index is -3.06. The Morgan fingerprint density at radius 2 is 1.34 bits per heavy atom. The quantitative estimate of drug-likeness (QED) is 0.0216. The van der Waals surface area contributed by atoms with Crippen LogP contribution in [0.1, 0.15) is 80.1 Å². The van der Waals surface area contributed by atoms with Gasteiger partial charge in [0.1, 0.15) is 12.3 Å². The van der Waals surface area contributed by atoms with E-state index >= 15 is 0 Å². The lowest BCUT2D eigenvalue weighted by Gasteiger charge is -2.35. The second-order valence-electron chi connectivity index (χ2n) is 24.6. The van der Waals surface area contributed by atoms with Gasteiger partial charge in [-0.05, 0) is 110 Å². The van der Waals surface area contributed by atoms with E-state index in [1.807, 2.05) is 17.0 Å². The average molecular weight is 1470 g/mol. The Kier molecular flexibility index (Phi) is 30.8. The summed E-state index contributed by atoms with van der Waals surface area (Å²) in [4.78, 5) is 150. The number of ether oxygens (including phenoxy) is 1. The molecule has 0 bridgehead atoms. The van der Waals surface area contributed by atoms with Crippen LogP contribution in [0.15, 0.2) is 59.7 Å². The summed E-state index contributed by atoms with van der Waals surface area (Å²) in [7, 11) is 1.44. The zero-order valence-corrected chi connectivity index (χ0v) is 57.4. The summed E-state index contributed by atoms with van der Waals surface area (Å²) in [5.41, 5.74) is 1.92. The van der Waals surface area contributed by atoms with Gasteiger partial charge in [0, 0.05) is 145 Å². The van der Waals surface area contributed by atoms with E-state index in [0.717, 1.165) is 45.6 Å². The standard InChI is InChI=1S/C65H90F2IN13O14S/c1-69-37-48-36-65(66,67)45-81(48)58(85)39-73-63(93)51-17-19-70-53-16-15-49(34-52(51)53)95-33-6-5-20-74-29-31-79(32-30-74)59(86)41-80-57(84)35-54(64(80)94)96-50(9-3-2-4-18-71-55(82)10-7-8-46-11-13-47(68)14-12-46)38-72-56(83)40-75-21-23-76(42-60(87)88)25-27-78(44-62(91)92)28-26-77(24-22-75)43-61(89)90/h11-17,19,34,37,48,50,54H,2-10,18,20-33,35-36,38-45H2,1H3,(H,71,82)(H,72,83)(H,73,93)(H,87,88)(H,89,90)(H,91,92)/b69-37+/t48-,50?,54?/m1/s1. The van der Waals surface area contributed by atoms with Crippen LogP contribution in [0.4, 0.5) is 8.78 Å². The molecule has 0 saturated carbocycles. The number of pyridine rings is 1. The molecule has 4 aliphatic rings. The Hall–Kier alpha value is -7.04. The lowest BCUT2D eigenvalue weighted by Crippen LogP contribution is -2.52. The van der Waals surface area contributed by atoms with Gasteiger partial charge >= 0.3 is 17.9 Å². The lowest BCUT2D eigenvalue weighted by molar-refractivity contribution is -0.146. The van der Waals surface area contributed by atoms with Crippen molar-refractivity contribution in [2.24, 2.45) is 4.99 Å². The number of nitrogens with one attached hydrogen (secondary N) is 3. The number of benzene rings is 2. The zero-order valence-electron chi connectivity index (χ0n) is 54.4. The highest BCUT2D eigenvalue weighted by atomic mass is 127. The van der Waals surface area contributed by atoms with E-state index in [4.69, 9.17) is 4.74 Å². The molecule has 4 saturated heterocycles. The Labute approximate surface area is 575 Å². The van der Waals surface area contributed by atoms with Crippen molar-refractivity contribution < 1.29 is 76.8 Å². The van der Waals surface area contributed by atoms with E-state index in [-0.39, 0.29) is 120 Å². The van der Waals surface area contributed by atoms with Crippen LogP contribution in [0.25, 0.3) is 10.9 Å². The molecule has 1 aromatic heterocycles. The highest BCUT2D eigenvalue weighted by Gasteiger charge is 2.46. The number of carbonyl (C=O) groups excluding carboxylic acids is 7. The number of fused-ring (bicyclic) bond motifs is 1. The molecule has 3 aromatic rings. The molecule has 526 valence electrons. The topological polar surface area (TPSA) is 328 Å². The molecule has 4 fully saturated rings. The Balaban J connectivity index is 0.868. The molecule has 7 amide bonds. The van der Waals surface area contributed by atoms with Gasteiger partial charge in [-0.3, -0.25) is 87.3 Å². The molecule has 7 rings (SSSR count).